The molecule has 1 atom stereocenters. The van der Waals surface area contributed by atoms with Gasteiger partial charge in [-0.3, -0.25) is 4.79 Å². The zero-order valence-electron chi connectivity index (χ0n) is 15.9. The summed E-state index contributed by atoms with van der Waals surface area (Å²) >= 11 is 3.35. The highest BCUT2D eigenvalue weighted by Gasteiger charge is 2.33. The maximum atomic E-state index is 13.1. The van der Waals surface area contributed by atoms with E-state index in [2.05, 4.69) is 21.2 Å². The van der Waals surface area contributed by atoms with Crippen molar-refractivity contribution < 1.29 is 13.2 Å². The van der Waals surface area contributed by atoms with Gasteiger partial charge in [-0.05, 0) is 62.6 Å². The lowest BCUT2D eigenvalue weighted by Crippen LogP contribution is -2.45. The summed E-state index contributed by atoms with van der Waals surface area (Å²) in [4.78, 5) is 12.6. The van der Waals surface area contributed by atoms with Gasteiger partial charge in [0.05, 0.1) is 4.90 Å². The number of nitrogens with zero attached hydrogens (tertiary/aromatic N) is 1. The lowest BCUT2D eigenvalue weighted by atomic mass is 10.0. The molecule has 3 rings (SSSR count). The minimum absolute atomic E-state index is 0.0923. The second kappa shape index (κ2) is 9.20. The van der Waals surface area contributed by atoms with Gasteiger partial charge >= 0.3 is 0 Å². The van der Waals surface area contributed by atoms with Crippen molar-refractivity contribution in [2.45, 2.75) is 43.5 Å². The number of rotatable bonds is 6. The van der Waals surface area contributed by atoms with Crippen LogP contribution in [0.3, 0.4) is 0 Å². The first-order valence-electron chi connectivity index (χ1n) is 9.50. The minimum atomic E-state index is -3.52. The highest BCUT2D eigenvalue weighted by Crippen LogP contribution is 2.27. The second-order valence-electron chi connectivity index (χ2n) is 7.13. The second-order valence-corrected chi connectivity index (χ2v) is 9.94. The molecule has 150 valence electrons. The van der Waals surface area contributed by atoms with Crippen LogP contribution in [0, 0.1) is 6.92 Å². The van der Waals surface area contributed by atoms with Gasteiger partial charge in [0.25, 0.3) is 5.91 Å². The summed E-state index contributed by atoms with van der Waals surface area (Å²) in [6, 6.07) is 14.1. The molecule has 1 amide bonds. The van der Waals surface area contributed by atoms with E-state index in [-0.39, 0.29) is 11.9 Å². The fourth-order valence-electron chi connectivity index (χ4n) is 3.48. The van der Waals surface area contributed by atoms with Crippen molar-refractivity contribution in [1.82, 2.24) is 9.62 Å². The molecule has 0 aliphatic carbocycles. The summed E-state index contributed by atoms with van der Waals surface area (Å²) in [5, 5.41) is 2.91. The van der Waals surface area contributed by atoms with E-state index in [1.165, 1.54) is 0 Å². The van der Waals surface area contributed by atoms with Gasteiger partial charge in [-0.1, -0.05) is 40.0 Å². The summed E-state index contributed by atoms with van der Waals surface area (Å²) < 4.78 is 28.7. The molecule has 1 unspecified atom stereocenters. The number of carbonyl (C=O) groups excluding carboxylic acids is 1. The van der Waals surface area contributed by atoms with E-state index in [0.717, 1.165) is 29.3 Å². The number of piperidine rings is 1. The number of sulfonamides is 1. The number of aryl methyl sites for hydroxylation is 1. The molecule has 1 heterocycles. The topological polar surface area (TPSA) is 66.5 Å². The molecule has 0 spiro atoms. The third kappa shape index (κ3) is 5.01. The molecule has 0 bridgehead atoms. The number of hydrogen-bond donors (Lipinski definition) is 1. The first kappa shape index (κ1) is 21.0. The van der Waals surface area contributed by atoms with Gasteiger partial charge in [0.1, 0.15) is 0 Å². The van der Waals surface area contributed by atoms with Crippen LogP contribution in [0.5, 0.6) is 0 Å². The van der Waals surface area contributed by atoms with Crippen LogP contribution in [-0.4, -0.2) is 37.8 Å². The number of benzene rings is 2. The molecule has 1 N–H and O–H groups in total. The molecular formula is C21H25BrN2O3S. The van der Waals surface area contributed by atoms with Crippen LogP contribution in [0.1, 0.15) is 41.6 Å². The normalized spacial score (nSPS) is 18.0. The summed E-state index contributed by atoms with van der Waals surface area (Å²) in [5.74, 6) is -0.142. The molecule has 28 heavy (non-hydrogen) atoms. The van der Waals surface area contributed by atoms with Crippen molar-refractivity contribution >= 4 is 31.9 Å². The Morgan fingerprint density at radius 2 is 1.79 bits per heavy atom. The summed E-state index contributed by atoms with van der Waals surface area (Å²) in [6.45, 7) is 2.91. The van der Waals surface area contributed by atoms with Crippen LogP contribution < -0.4 is 5.32 Å². The Hall–Kier alpha value is -1.70. The Labute approximate surface area is 175 Å². The number of amides is 1. The fraction of sp³-hybridized carbons (Fsp3) is 0.381. The van der Waals surface area contributed by atoms with Gasteiger partial charge < -0.3 is 5.32 Å². The molecule has 1 fully saturated rings. The van der Waals surface area contributed by atoms with E-state index < -0.39 is 10.0 Å². The van der Waals surface area contributed by atoms with E-state index in [1.54, 1.807) is 28.6 Å². The SMILES string of the molecule is Cc1ccc(S(=O)(=O)N2CCCCC2CCNC(=O)c2ccc(Br)cc2)cc1. The Balaban J connectivity index is 1.64. The monoisotopic (exact) mass is 464 g/mol. The Bertz CT molecular complexity index is 912. The molecule has 0 radical (unpaired) electrons. The molecule has 1 saturated heterocycles. The van der Waals surface area contributed by atoms with Crippen LogP contribution in [0.2, 0.25) is 0 Å². The van der Waals surface area contributed by atoms with E-state index in [1.807, 2.05) is 31.2 Å². The maximum absolute atomic E-state index is 13.1. The number of halogens is 1. The van der Waals surface area contributed by atoms with Gasteiger partial charge in [-0.15, -0.1) is 0 Å². The number of carbonyl (C=O) groups is 1. The molecule has 2 aromatic rings. The lowest BCUT2D eigenvalue weighted by Gasteiger charge is -2.34. The Morgan fingerprint density at radius 3 is 2.46 bits per heavy atom. The van der Waals surface area contributed by atoms with Gasteiger partial charge in [0.2, 0.25) is 10.0 Å². The standard InChI is InChI=1S/C21H25BrN2O3S/c1-16-5-11-20(12-6-16)28(26,27)24-15-3-2-4-19(24)13-14-23-21(25)17-7-9-18(22)10-8-17/h5-12,19H,2-4,13-15H2,1H3,(H,23,25). The Morgan fingerprint density at radius 1 is 1.11 bits per heavy atom. The van der Waals surface area contributed by atoms with Crippen LogP contribution >= 0.6 is 15.9 Å². The van der Waals surface area contributed by atoms with Crippen molar-refractivity contribution in [3.05, 3.63) is 64.1 Å². The maximum Gasteiger partial charge on any atom is 0.251 e. The third-order valence-corrected chi connectivity index (χ3v) is 7.56. The van der Waals surface area contributed by atoms with Crippen LogP contribution in [0.4, 0.5) is 0 Å². The highest BCUT2D eigenvalue weighted by molar-refractivity contribution is 9.10. The molecule has 1 aliphatic heterocycles. The zero-order valence-corrected chi connectivity index (χ0v) is 18.3. The quantitative estimate of drug-likeness (QED) is 0.698. The first-order chi connectivity index (χ1) is 13.4. The molecule has 2 aromatic carbocycles. The Kier molecular flexibility index (Phi) is 6.91. The van der Waals surface area contributed by atoms with Crippen molar-refractivity contribution in [3.8, 4) is 0 Å². The third-order valence-electron chi connectivity index (χ3n) is 5.07. The van der Waals surface area contributed by atoms with Crippen LogP contribution in [-0.2, 0) is 10.0 Å². The van der Waals surface area contributed by atoms with Crippen molar-refractivity contribution in [2.24, 2.45) is 0 Å². The van der Waals surface area contributed by atoms with Gasteiger partial charge in [0, 0.05) is 29.2 Å². The molecule has 0 aromatic heterocycles. The fourth-order valence-corrected chi connectivity index (χ4v) is 5.47. The van der Waals surface area contributed by atoms with Crippen molar-refractivity contribution in [3.63, 3.8) is 0 Å². The smallest absolute Gasteiger partial charge is 0.251 e. The average molecular weight is 465 g/mol. The van der Waals surface area contributed by atoms with Gasteiger partial charge in [-0.25, -0.2) is 8.42 Å². The zero-order chi connectivity index (χ0) is 20.1. The molecular weight excluding hydrogens is 440 g/mol. The summed E-state index contributed by atoms with van der Waals surface area (Å²) in [7, 11) is -3.52. The number of nitrogens with one attached hydrogen (secondary N) is 1. The number of hydrogen-bond acceptors (Lipinski definition) is 3. The summed E-state index contributed by atoms with van der Waals surface area (Å²) in [5.41, 5.74) is 1.63. The van der Waals surface area contributed by atoms with Gasteiger partial charge in [0.15, 0.2) is 0 Å². The largest absolute Gasteiger partial charge is 0.352 e. The highest BCUT2D eigenvalue weighted by atomic mass is 79.9. The lowest BCUT2D eigenvalue weighted by molar-refractivity contribution is 0.0949. The van der Waals surface area contributed by atoms with Gasteiger partial charge in [-0.2, -0.15) is 4.31 Å². The van der Waals surface area contributed by atoms with Crippen LogP contribution in [0.15, 0.2) is 57.9 Å². The molecule has 0 saturated carbocycles. The molecule has 1 aliphatic rings. The predicted molar refractivity (Wildman–Crippen MR) is 114 cm³/mol. The van der Waals surface area contributed by atoms with E-state index in [0.29, 0.717) is 30.0 Å². The van der Waals surface area contributed by atoms with Crippen LogP contribution in [0.25, 0.3) is 0 Å². The van der Waals surface area contributed by atoms with Crippen molar-refractivity contribution in [2.75, 3.05) is 13.1 Å². The average Bonchev–Trinajstić information content (AvgIpc) is 2.69. The van der Waals surface area contributed by atoms with E-state index in [9.17, 15) is 13.2 Å². The van der Waals surface area contributed by atoms with Crippen molar-refractivity contribution in [1.29, 1.82) is 0 Å². The van der Waals surface area contributed by atoms with E-state index in [4.69, 9.17) is 0 Å². The minimum Gasteiger partial charge on any atom is -0.352 e. The molecule has 7 heteroatoms. The predicted octanol–water partition coefficient (Wildman–Crippen LogP) is 4.12. The first-order valence-corrected chi connectivity index (χ1v) is 11.7. The van der Waals surface area contributed by atoms with E-state index >= 15 is 0 Å². The molecule has 5 nitrogen and oxygen atoms in total. The summed E-state index contributed by atoms with van der Waals surface area (Å²) in [6.07, 6.45) is 3.30.